The van der Waals surface area contributed by atoms with Gasteiger partial charge in [-0.2, -0.15) is 0 Å². The molecule has 0 aromatic heterocycles. The van der Waals surface area contributed by atoms with Gasteiger partial charge in [0, 0.05) is 19.6 Å². The van der Waals surface area contributed by atoms with Gasteiger partial charge in [0.05, 0.1) is 7.11 Å². The van der Waals surface area contributed by atoms with Crippen molar-refractivity contribution in [2.24, 2.45) is 0 Å². The molecule has 0 aliphatic carbocycles. The van der Waals surface area contributed by atoms with Crippen molar-refractivity contribution in [2.45, 2.75) is 19.8 Å². The van der Waals surface area contributed by atoms with Gasteiger partial charge >= 0.3 is 5.97 Å². The predicted molar refractivity (Wildman–Crippen MR) is 50.8 cm³/mol. The molecule has 0 aromatic rings. The highest BCUT2D eigenvalue weighted by molar-refractivity contribution is 5.81. The monoisotopic (exact) mass is 203 g/mol. The van der Waals surface area contributed by atoms with Crippen LogP contribution >= 0.6 is 0 Å². The summed E-state index contributed by atoms with van der Waals surface area (Å²) in [7, 11) is 1.28. The molecule has 0 bridgehead atoms. The van der Waals surface area contributed by atoms with Crippen molar-refractivity contribution in [2.75, 3.05) is 26.9 Å². The Hall–Kier alpha value is -1.10. The lowest BCUT2D eigenvalue weighted by Gasteiger charge is -2.03. The number of amides is 1. The maximum absolute atomic E-state index is 11.1. The van der Waals surface area contributed by atoms with Crippen LogP contribution in [0, 0.1) is 0 Å². The van der Waals surface area contributed by atoms with E-state index >= 15 is 0 Å². The highest BCUT2D eigenvalue weighted by Gasteiger charge is 2.04. The van der Waals surface area contributed by atoms with E-state index < -0.39 is 5.97 Å². The predicted octanol–water partition coefficient (Wildman–Crippen LogP) is 0.0923. The van der Waals surface area contributed by atoms with Gasteiger partial charge in [0.25, 0.3) is 0 Å². The van der Waals surface area contributed by atoms with Crippen molar-refractivity contribution in [3.8, 4) is 0 Å². The fourth-order valence-electron chi connectivity index (χ4n) is 0.810. The summed E-state index contributed by atoms with van der Waals surface area (Å²) in [6, 6.07) is 0. The molecule has 0 aliphatic heterocycles. The largest absolute Gasteiger partial charge is 0.468 e. The average molecular weight is 203 g/mol. The van der Waals surface area contributed by atoms with Crippen molar-refractivity contribution in [3.05, 3.63) is 0 Å². The molecule has 0 radical (unpaired) electrons. The normalized spacial score (nSPS) is 9.57. The van der Waals surface area contributed by atoms with Crippen molar-refractivity contribution in [1.82, 2.24) is 5.32 Å². The molecule has 0 saturated carbocycles. The zero-order valence-corrected chi connectivity index (χ0v) is 8.67. The molecule has 0 aliphatic rings. The number of hydrogen-bond donors (Lipinski definition) is 1. The van der Waals surface area contributed by atoms with Crippen LogP contribution in [0.2, 0.25) is 0 Å². The zero-order chi connectivity index (χ0) is 10.8. The molecule has 1 amide bonds. The second-order valence-corrected chi connectivity index (χ2v) is 2.65. The van der Waals surface area contributed by atoms with Gasteiger partial charge in [0.2, 0.25) is 5.91 Å². The highest BCUT2D eigenvalue weighted by Crippen LogP contribution is 1.89. The third-order valence-corrected chi connectivity index (χ3v) is 1.55. The van der Waals surface area contributed by atoms with Crippen LogP contribution in [0.5, 0.6) is 0 Å². The molecule has 0 unspecified atom stereocenters. The van der Waals surface area contributed by atoms with Crippen LogP contribution in [0.4, 0.5) is 0 Å². The maximum Gasteiger partial charge on any atom is 0.325 e. The highest BCUT2D eigenvalue weighted by atomic mass is 16.5. The summed E-state index contributed by atoms with van der Waals surface area (Å²) in [5.41, 5.74) is 0. The Balaban J connectivity index is 3.32. The maximum atomic E-state index is 11.1. The fourth-order valence-corrected chi connectivity index (χ4v) is 0.810. The number of rotatable bonds is 7. The second kappa shape index (κ2) is 8.50. The van der Waals surface area contributed by atoms with Gasteiger partial charge in [0.15, 0.2) is 0 Å². The van der Waals surface area contributed by atoms with Crippen LogP contribution < -0.4 is 5.32 Å². The molecule has 0 rings (SSSR count). The van der Waals surface area contributed by atoms with E-state index in [1.165, 1.54) is 7.11 Å². The third-order valence-electron chi connectivity index (χ3n) is 1.55. The topological polar surface area (TPSA) is 64.6 Å². The molecule has 0 aromatic carbocycles. The molecule has 0 spiro atoms. The lowest BCUT2D eigenvalue weighted by Crippen LogP contribution is -2.30. The number of ether oxygens (including phenoxy) is 2. The van der Waals surface area contributed by atoms with Crippen molar-refractivity contribution < 1.29 is 19.1 Å². The minimum absolute atomic E-state index is 0.0655. The Morgan fingerprint density at radius 1 is 1.36 bits per heavy atom. The minimum atomic E-state index is -0.442. The van der Waals surface area contributed by atoms with Crippen LogP contribution in [0.3, 0.4) is 0 Å². The first-order valence-corrected chi connectivity index (χ1v) is 4.62. The molecule has 0 heterocycles. The Morgan fingerprint density at radius 3 is 2.64 bits per heavy atom. The quantitative estimate of drug-likeness (QED) is 0.470. The Labute approximate surface area is 83.8 Å². The van der Waals surface area contributed by atoms with Gasteiger partial charge < -0.3 is 14.8 Å². The Morgan fingerprint density at radius 2 is 2.07 bits per heavy atom. The minimum Gasteiger partial charge on any atom is -0.468 e. The van der Waals surface area contributed by atoms with Crippen LogP contribution in [0.15, 0.2) is 0 Å². The summed E-state index contributed by atoms with van der Waals surface area (Å²) in [5.74, 6) is -0.599. The third kappa shape index (κ3) is 7.54. The number of hydrogen-bond acceptors (Lipinski definition) is 4. The SMILES string of the molecule is CCOCCCC(=O)NCC(=O)OC. The fraction of sp³-hybridized carbons (Fsp3) is 0.778. The second-order valence-electron chi connectivity index (χ2n) is 2.65. The number of nitrogens with one attached hydrogen (secondary N) is 1. The van der Waals surface area contributed by atoms with Crippen LogP contribution in [0.1, 0.15) is 19.8 Å². The van der Waals surface area contributed by atoms with Crippen LogP contribution in [0.25, 0.3) is 0 Å². The van der Waals surface area contributed by atoms with Crippen molar-refractivity contribution >= 4 is 11.9 Å². The van der Waals surface area contributed by atoms with Crippen LogP contribution in [-0.4, -0.2) is 38.7 Å². The van der Waals surface area contributed by atoms with Crippen LogP contribution in [-0.2, 0) is 19.1 Å². The van der Waals surface area contributed by atoms with E-state index in [9.17, 15) is 9.59 Å². The van der Waals surface area contributed by atoms with Gasteiger partial charge in [0.1, 0.15) is 6.54 Å². The number of carbonyl (C=O) groups is 2. The van der Waals surface area contributed by atoms with E-state index in [4.69, 9.17) is 4.74 Å². The average Bonchev–Trinajstić information content (AvgIpc) is 2.21. The smallest absolute Gasteiger partial charge is 0.325 e. The summed E-state index contributed by atoms with van der Waals surface area (Å²) in [6.07, 6.45) is 1.04. The lowest BCUT2D eigenvalue weighted by atomic mass is 10.3. The van der Waals surface area contributed by atoms with Gasteiger partial charge in [-0.3, -0.25) is 9.59 Å². The molecular formula is C9H17NO4. The molecule has 5 nitrogen and oxygen atoms in total. The Kier molecular flexibility index (Phi) is 7.83. The summed E-state index contributed by atoms with van der Waals surface area (Å²) >= 11 is 0. The summed E-state index contributed by atoms with van der Waals surface area (Å²) in [4.78, 5) is 21.7. The molecule has 0 fully saturated rings. The first-order chi connectivity index (χ1) is 6.70. The summed E-state index contributed by atoms with van der Waals surface area (Å²) in [5, 5.41) is 2.44. The molecule has 82 valence electrons. The van der Waals surface area contributed by atoms with E-state index in [1.54, 1.807) is 0 Å². The summed E-state index contributed by atoms with van der Waals surface area (Å²) < 4.78 is 9.42. The van der Waals surface area contributed by atoms with E-state index in [-0.39, 0.29) is 12.5 Å². The first-order valence-electron chi connectivity index (χ1n) is 4.62. The van der Waals surface area contributed by atoms with E-state index in [2.05, 4.69) is 10.1 Å². The molecule has 1 N–H and O–H groups in total. The van der Waals surface area contributed by atoms with Crippen molar-refractivity contribution in [3.63, 3.8) is 0 Å². The van der Waals surface area contributed by atoms with Crippen molar-refractivity contribution in [1.29, 1.82) is 0 Å². The van der Waals surface area contributed by atoms with Gasteiger partial charge in [-0.15, -0.1) is 0 Å². The van der Waals surface area contributed by atoms with Gasteiger partial charge in [-0.1, -0.05) is 0 Å². The standard InChI is InChI=1S/C9H17NO4/c1-3-14-6-4-5-8(11)10-7-9(12)13-2/h3-7H2,1-2H3,(H,10,11). The summed E-state index contributed by atoms with van der Waals surface area (Å²) in [6.45, 7) is 3.06. The molecule has 0 saturated heterocycles. The van der Waals surface area contributed by atoms with E-state index in [0.717, 1.165) is 0 Å². The lowest BCUT2D eigenvalue weighted by molar-refractivity contribution is -0.141. The Bertz CT molecular complexity index is 182. The zero-order valence-electron chi connectivity index (χ0n) is 8.67. The van der Waals surface area contributed by atoms with E-state index in [1.807, 2.05) is 6.92 Å². The molecule has 0 atom stereocenters. The first kappa shape index (κ1) is 12.9. The number of carbonyl (C=O) groups excluding carboxylic acids is 2. The molecule has 5 heteroatoms. The number of esters is 1. The molecule has 14 heavy (non-hydrogen) atoms. The number of methoxy groups -OCH3 is 1. The van der Waals surface area contributed by atoms with Gasteiger partial charge in [-0.25, -0.2) is 0 Å². The van der Waals surface area contributed by atoms with Gasteiger partial charge in [-0.05, 0) is 13.3 Å². The van der Waals surface area contributed by atoms with E-state index in [0.29, 0.717) is 26.1 Å². The molecular weight excluding hydrogens is 186 g/mol.